The van der Waals surface area contributed by atoms with Crippen LogP contribution in [-0.2, 0) is 0 Å². The fraction of sp³-hybridized carbons (Fsp3) is 0.500. The first-order valence-electron chi connectivity index (χ1n) is 10.3. The Balaban J connectivity index is 0.00000218. The number of fused-ring (bicyclic) bond motifs is 3. The number of nitrogens with zero attached hydrogens (tertiary/aromatic N) is 3. The molecule has 0 spiro atoms. The summed E-state index contributed by atoms with van der Waals surface area (Å²) in [6.07, 6.45) is 4.42. The molecular weight excluding hydrogens is 404 g/mol. The number of hydrogen-bond acceptors (Lipinski definition) is 6. The molecule has 0 radical (unpaired) electrons. The molecular formula is C22H27ClN4O3. The normalized spacial score (nSPS) is 22.9. The maximum Gasteiger partial charge on any atom is 0.259 e. The average Bonchev–Trinajstić information content (AvgIpc) is 3.36. The van der Waals surface area contributed by atoms with Crippen LogP contribution in [0.25, 0.3) is 22.4 Å². The van der Waals surface area contributed by atoms with E-state index in [1.165, 1.54) is 12.8 Å². The van der Waals surface area contributed by atoms with Crippen molar-refractivity contribution < 1.29 is 13.7 Å². The molecule has 8 heteroatoms. The topological polar surface area (TPSA) is 84.4 Å². The molecule has 2 aliphatic rings. The molecule has 2 saturated heterocycles. The number of halogens is 1. The van der Waals surface area contributed by atoms with E-state index >= 15 is 0 Å². The zero-order chi connectivity index (χ0) is 20.3. The molecule has 7 nitrogen and oxygen atoms in total. The fourth-order valence-corrected chi connectivity index (χ4v) is 4.99. The Kier molecular flexibility index (Phi) is 5.36. The minimum atomic E-state index is -0.00544. The van der Waals surface area contributed by atoms with E-state index in [0.717, 1.165) is 29.9 Å². The summed E-state index contributed by atoms with van der Waals surface area (Å²) in [7, 11) is 1.92. The summed E-state index contributed by atoms with van der Waals surface area (Å²) < 4.78 is 11.1. The summed E-state index contributed by atoms with van der Waals surface area (Å²) in [5.74, 6) is 1.57. The Hall–Kier alpha value is -2.38. The van der Waals surface area contributed by atoms with Gasteiger partial charge in [-0.1, -0.05) is 5.16 Å². The van der Waals surface area contributed by atoms with Crippen LogP contribution >= 0.6 is 12.4 Å². The summed E-state index contributed by atoms with van der Waals surface area (Å²) in [6, 6.07) is 5.09. The van der Waals surface area contributed by atoms with Crippen molar-refractivity contribution in [2.24, 2.45) is 0 Å². The van der Waals surface area contributed by atoms with Crippen LogP contribution in [0.2, 0.25) is 0 Å². The minimum Gasteiger partial charge on any atom is -0.466 e. The zero-order valence-corrected chi connectivity index (χ0v) is 18.5. The molecule has 1 N–H and O–H groups in total. The van der Waals surface area contributed by atoms with Crippen LogP contribution in [-0.4, -0.2) is 46.1 Å². The van der Waals surface area contributed by atoms with Crippen LogP contribution in [0, 0.1) is 20.8 Å². The van der Waals surface area contributed by atoms with Gasteiger partial charge < -0.3 is 19.2 Å². The Morgan fingerprint density at radius 2 is 1.87 bits per heavy atom. The predicted molar refractivity (Wildman–Crippen MR) is 116 cm³/mol. The van der Waals surface area contributed by atoms with Gasteiger partial charge in [-0.05, 0) is 58.6 Å². The monoisotopic (exact) mass is 430 g/mol. The van der Waals surface area contributed by atoms with Crippen molar-refractivity contribution in [1.82, 2.24) is 20.4 Å². The highest BCUT2D eigenvalue weighted by Gasteiger charge is 2.37. The Morgan fingerprint density at radius 3 is 2.50 bits per heavy atom. The Morgan fingerprint density at radius 1 is 1.17 bits per heavy atom. The lowest BCUT2D eigenvalue weighted by atomic mass is 9.97. The van der Waals surface area contributed by atoms with Gasteiger partial charge in [0.05, 0.1) is 22.3 Å². The van der Waals surface area contributed by atoms with E-state index < -0.39 is 0 Å². The van der Waals surface area contributed by atoms with E-state index in [4.69, 9.17) is 8.94 Å². The smallest absolute Gasteiger partial charge is 0.259 e. The van der Waals surface area contributed by atoms with Gasteiger partial charge in [-0.25, -0.2) is 4.98 Å². The highest BCUT2D eigenvalue weighted by Crippen LogP contribution is 2.33. The van der Waals surface area contributed by atoms with Crippen LogP contribution in [0.3, 0.4) is 0 Å². The lowest BCUT2D eigenvalue weighted by molar-refractivity contribution is 0.0683. The minimum absolute atomic E-state index is 0. The SMILES string of the molecule is Cc1cc(-c2cc(C(=O)N(C)C3CC4CCC(C3)N4)c3c(C)noc3n2)c(C)o1.Cl. The summed E-state index contributed by atoms with van der Waals surface area (Å²) in [6.45, 7) is 5.65. The van der Waals surface area contributed by atoms with Gasteiger partial charge in [-0.2, -0.15) is 0 Å². The van der Waals surface area contributed by atoms with E-state index in [-0.39, 0.29) is 24.4 Å². The van der Waals surface area contributed by atoms with Crippen molar-refractivity contribution in [2.75, 3.05) is 7.05 Å². The first-order valence-corrected chi connectivity index (χ1v) is 10.3. The summed E-state index contributed by atoms with van der Waals surface area (Å²) in [4.78, 5) is 20.1. The predicted octanol–water partition coefficient (Wildman–Crippen LogP) is 4.18. The third-order valence-corrected chi connectivity index (χ3v) is 6.48. The van der Waals surface area contributed by atoms with Gasteiger partial charge in [0.15, 0.2) is 0 Å². The molecule has 30 heavy (non-hydrogen) atoms. The Bertz CT molecular complexity index is 1090. The molecule has 0 aromatic carbocycles. The molecule has 3 aromatic rings. The third-order valence-electron chi connectivity index (χ3n) is 6.48. The molecule has 160 valence electrons. The molecule has 2 bridgehead atoms. The van der Waals surface area contributed by atoms with Crippen LogP contribution < -0.4 is 5.32 Å². The van der Waals surface area contributed by atoms with Gasteiger partial charge in [0.1, 0.15) is 11.5 Å². The second-order valence-electron chi connectivity index (χ2n) is 8.51. The number of pyridine rings is 1. The number of piperidine rings is 1. The van der Waals surface area contributed by atoms with Gasteiger partial charge in [0.2, 0.25) is 0 Å². The molecule has 1 amide bonds. The van der Waals surface area contributed by atoms with E-state index in [9.17, 15) is 4.79 Å². The number of rotatable bonds is 3. The maximum absolute atomic E-state index is 13.6. The second kappa shape index (κ2) is 7.71. The average molecular weight is 431 g/mol. The van der Waals surface area contributed by atoms with E-state index in [1.807, 2.05) is 44.9 Å². The van der Waals surface area contributed by atoms with E-state index in [2.05, 4.69) is 15.5 Å². The first kappa shape index (κ1) is 20.9. The van der Waals surface area contributed by atoms with Gasteiger partial charge >= 0.3 is 0 Å². The molecule has 2 fully saturated rings. The fourth-order valence-electron chi connectivity index (χ4n) is 4.99. The van der Waals surface area contributed by atoms with Crippen LogP contribution in [0.4, 0.5) is 0 Å². The van der Waals surface area contributed by atoms with Crippen molar-refractivity contribution >= 4 is 29.4 Å². The first-order chi connectivity index (χ1) is 13.9. The van der Waals surface area contributed by atoms with Gasteiger partial charge in [0.25, 0.3) is 11.6 Å². The summed E-state index contributed by atoms with van der Waals surface area (Å²) in [5, 5.41) is 8.40. The second-order valence-corrected chi connectivity index (χ2v) is 8.51. The van der Waals surface area contributed by atoms with Crippen LogP contribution in [0.15, 0.2) is 21.1 Å². The Labute approximate surface area is 181 Å². The van der Waals surface area contributed by atoms with Crippen molar-refractivity contribution in [2.45, 2.75) is 64.6 Å². The molecule has 5 heterocycles. The van der Waals surface area contributed by atoms with Crippen molar-refractivity contribution in [3.05, 3.63) is 34.9 Å². The summed E-state index contributed by atoms with van der Waals surface area (Å²) in [5.41, 5.74) is 3.21. The molecule has 2 aliphatic heterocycles. The lowest BCUT2D eigenvalue weighted by Gasteiger charge is -2.35. The molecule has 3 aromatic heterocycles. The number of nitrogens with one attached hydrogen (secondary N) is 1. The lowest BCUT2D eigenvalue weighted by Crippen LogP contribution is -2.48. The standard InChI is InChI=1S/C22H26N4O3.ClH/c1-11-7-17(13(3)28-11)19-10-18(20-12(2)25-29-21(20)24-19)22(27)26(4)16-8-14-5-6-15(9-16)23-14;/h7,10,14-16,23H,5-6,8-9H2,1-4H3;1H. The maximum atomic E-state index is 13.6. The van der Waals surface area contributed by atoms with Crippen molar-refractivity contribution in [1.29, 1.82) is 0 Å². The number of aromatic nitrogens is 2. The number of amides is 1. The number of carbonyl (C=O) groups excluding carboxylic acids is 1. The zero-order valence-electron chi connectivity index (χ0n) is 17.7. The molecule has 0 saturated carbocycles. The van der Waals surface area contributed by atoms with Crippen LogP contribution in [0.1, 0.15) is 53.3 Å². The number of aryl methyl sites for hydroxylation is 3. The quantitative estimate of drug-likeness (QED) is 0.670. The number of carbonyl (C=O) groups is 1. The number of furan rings is 1. The van der Waals surface area contributed by atoms with E-state index in [0.29, 0.717) is 40.1 Å². The van der Waals surface area contributed by atoms with Crippen molar-refractivity contribution in [3.63, 3.8) is 0 Å². The van der Waals surface area contributed by atoms with E-state index in [1.54, 1.807) is 0 Å². The van der Waals surface area contributed by atoms with Gasteiger partial charge in [0, 0.05) is 30.7 Å². The van der Waals surface area contributed by atoms with Crippen LogP contribution in [0.5, 0.6) is 0 Å². The third kappa shape index (κ3) is 3.40. The van der Waals surface area contributed by atoms with Crippen molar-refractivity contribution in [3.8, 4) is 11.3 Å². The molecule has 2 unspecified atom stereocenters. The highest BCUT2D eigenvalue weighted by molar-refractivity contribution is 6.07. The number of hydrogen-bond donors (Lipinski definition) is 1. The van der Waals surface area contributed by atoms with Gasteiger partial charge in [-0.15, -0.1) is 12.4 Å². The molecule has 2 atom stereocenters. The highest BCUT2D eigenvalue weighted by atomic mass is 35.5. The largest absolute Gasteiger partial charge is 0.466 e. The summed E-state index contributed by atoms with van der Waals surface area (Å²) >= 11 is 0. The molecule has 5 rings (SSSR count). The molecule has 0 aliphatic carbocycles. The van der Waals surface area contributed by atoms with Gasteiger partial charge in [-0.3, -0.25) is 4.79 Å².